The fourth-order valence-electron chi connectivity index (χ4n) is 2.40. The molecule has 0 amide bonds. The Bertz CT molecular complexity index is 722. The first-order valence-electron chi connectivity index (χ1n) is 6.55. The third kappa shape index (κ3) is 3.82. The van der Waals surface area contributed by atoms with Crippen molar-refractivity contribution in [3.63, 3.8) is 0 Å². The molecular weight excluding hydrogens is 314 g/mol. The van der Waals surface area contributed by atoms with Crippen molar-refractivity contribution in [1.82, 2.24) is 4.72 Å². The van der Waals surface area contributed by atoms with Gasteiger partial charge in [0.1, 0.15) is 0 Å². The Labute approximate surface area is 125 Å². The molecule has 6 nitrogen and oxygen atoms in total. The van der Waals surface area contributed by atoms with E-state index in [1.165, 1.54) is 24.3 Å². The van der Waals surface area contributed by atoms with Crippen LogP contribution >= 0.6 is 0 Å². The van der Waals surface area contributed by atoms with Gasteiger partial charge in [0, 0.05) is 5.54 Å². The van der Waals surface area contributed by atoms with E-state index < -0.39 is 31.5 Å². The highest BCUT2D eigenvalue weighted by molar-refractivity contribution is 7.92. The summed E-state index contributed by atoms with van der Waals surface area (Å²) in [4.78, 5) is 0.0532. The molecule has 8 heteroatoms. The van der Waals surface area contributed by atoms with E-state index in [-0.39, 0.29) is 22.8 Å². The van der Waals surface area contributed by atoms with E-state index in [9.17, 15) is 21.9 Å². The molecule has 2 rings (SSSR count). The van der Waals surface area contributed by atoms with E-state index >= 15 is 0 Å². The lowest BCUT2D eigenvalue weighted by molar-refractivity contribution is 0.199. The van der Waals surface area contributed by atoms with Gasteiger partial charge in [0.2, 0.25) is 10.0 Å². The summed E-state index contributed by atoms with van der Waals surface area (Å²) in [5.41, 5.74) is -0.357. The molecule has 0 saturated carbocycles. The molecular formula is C13H19NO5S2. The molecule has 1 aromatic carbocycles. The minimum absolute atomic E-state index is 0.00696. The Morgan fingerprint density at radius 3 is 2.29 bits per heavy atom. The number of benzene rings is 1. The molecule has 118 valence electrons. The van der Waals surface area contributed by atoms with Gasteiger partial charge in [0.05, 0.1) is 22.5 Å². The van der Waals surface area contributed by atoms with Crippen molar-refractivity contribution in [2.75, 3.05) is 11.5 Å². The van der Waals surface area contributed by atoms with Gasteiger partial charge >= 0.3 is 0 Å². The molecule has 1 aliphatic heterocycles. The van der Waals surface area contributed by atoms with Crippen molar-refractivity contribution < 1.29 is 21.9 Å². The number of aliphatic hydroxyl groups is 1. The van der Waals surface area contributed by atoms with Gasteiger partial charge < -0.3 is 5.11 Å². The molecule has 1 fully saturated rings. The van der Waals surface area contributed by atoms with Gasteiger partial charge in [-0.1, -0.05) is 12.1 Å². The van der Waals surface area contributed by atoms with Crippen molar-refractivity contribution in [2.45, 2.75) is 36.8 Å². The fraction of sp³-hybridized carbons (Fsp3) is 0.538. The number of sulfone groups is 1. The number of rotatable bonds is 4. The maximum absolute atomic E-state index is 12.3. The van der Waals surface area contributed by atoms with Crippen LogP contribution in [0.15, 0.2) is 29.2 Å². The third-order valence-electron chi connectivity index (χ3n) is 3.56. The second-order valence-electron chi connectivity index (χ2n) is 5.75. The van der Waals surface area contributed by atoms with Gasteiger partial charge in [-0.3, -0.25) is 0 Å². The number of aliphatic hydroxyl groups excluding tert-OH is 1. The molecule has 1 heterocycles. The minimum atomic E-state index is -3.79. The van der Waals surface area contributed by atoms with Crippen LogP contribution in [0.4, 0.5) is 0 Å². The average molecular weight is 333 g/mol. The van der Waals surface area contributed by atoms with E-state index in [2.05, 4.69) is 4.72 Å². The second kappa shape index (κ2) is 5.35. The smallest absolute Gasteiger partial charge is 0.241 e. The first-order valence-corrected chi connectivity index (χ1v) is 9.86. The highest BCUT2D eigenvalue weighted by Crippen LogP contribution is 2.25. The topological polar surface area (TPSA) is 101 Å². The molecule has 2 N–H and O–H groups in total. The zero-order chi connectivity index (χ0) is 15.9. The summed E-state index contributed by atoms with van der Waals surface area (Å²) in [6.07, 6.45) is -0.410. The predicted octanol–water partition coefficient (Wildman–Crippen LogP) is 0.595. The van der Waals surface area contributed by atoms with Crippen LogP contribution < -0.4 is 4.72 Å². The van der Waals surface area contributed by atoms with Crippen LogP contribution in [0.1, 0.15) is 31.9 Å². The molecule has 21 heavy (non-hydrogen) atoms. The Kier molecular flexibility index (Phi) is 4.18. The zero-order valence-electron chi connectivity index (χ0n) is 11.9. The van der Waals surface area contributed by atoms with Crippen molar-refractivity contribution in [2.24, 2.45) is 0 Å². The van der Waals surface area contributed by atoms with Gasteiger partial charge in [-0.05, 0) is 38.0 Å². The third-order valence-corrected chi connectivity index (χ3v) is 7.11. The standard InChI is InChI=1S/C13H19NO5S2/c1-10(15)11-3-5-12(6-4-11)21(18,19)14-13(2)7-8-20(16,17)9-13/h3-6,10,14-15H,7-9H2,1-2H3. The maximum atomic E-state index is 12.3. The first-order chi connectivity index (χ1) is 9.53. The summed E-state index contributed by atoms with van der Waals surface area (Å²) in [5.74, 6) is -0.196. The normalized spacial score (nSPS) is 26.6. The van der Waals surface area contributed by atoms with Gasteiger partial charge in [-0.15, -0.1) is 0 Å². The molecule has 2 unspecified atom stereocenters. The van der Waals surface area contributed by atoms with Crippen molar-refractivity contribution in [1.29, 1.82) is 0 Å². The SMILES string of the molecule is CC(O)c1ccc(S(=O)(=O)NC2(C)CCS(=O)(=O)C2)cc1. The lowest BCUT2D eigenvalue weighted by Gasteiger charge is -2.23. The van der Waals surface area contributed by atoms with Crippen LogP contribution in [0.3, 0.4) is 0 Å². The van der Waals surface area contributed by atoms with Crippen molar-refractivity contribution >= 4 is 19.9 Å². The lowest BCUT2D eigenvalue weighted by Crippen LogP contribution is -2.46. The van der Waals surface area contributed by atoms with E-state index in [4.69, 9.17) is 0 Å². The van der Waals surface area contributed by atoms with Gasteiger partial charge in [-0.25, -0.2) is 21.6 Å². The molecule has 0 radical (unpaired) electrons. The summed E-state index contributed by atoms with van der Waals surface area (Å²) in [5, 5.41) is 9.41. The predicted molar refractivity (Wildman–Crippen MR) is 79.1 cm³/mol. The second-order valence-corrected chi connectivity index (χ2v) is 9.62. The Morgan fingerprint density at radius 2 is 1.86 bits per heavy atom. The Balaban J connectivity index is 2.23. The number of nitrogens with one attached hydrogen (secondary N) is 1. The zero-order valence-corrected chi connectivity index (χ0v) is 13.5. The molecule has 0 spiro atoms. The molecule has 0 aliphatic carbocycles. The first kappa shape index (κ1) is 16.4. The Hall–Kier alpha value is -0.960. The van der Waals surface area contributed by atoms with Gasteiger partial charge in [0.25, 0.3) is 0 Å². The van der Waals surface area contributed by atoms with Crippen LogP contribution in [0.5, 0.6) is 0 Å². The molecule has 1 aliphatic rings. The summed E-state index contributed by atoms with van der Waals surface area (Å²) in [6.45, 7) is 3.19. The minimum Gasteiger partial charge on any atom is -0.389 e. The van der Waals surface area contributed by atoms with Crippen LogP contribution in [-0.2, 0) is 19.9 Å². The molecule has 0 aromatic heterocycles. The summed E-state index contributed by atoms with van der Waals surface area (Å²) >= 11 is 0. The van der Waals surface area contributed by atoms with Crippen LogP contribution in [0, 0.1) is 0 Å². The number of hydrogen-bond acceptors (Lipinski definition) is 5. The van der Waals surface area contributed by atoms with E-state index in [0.717, 1.165) is 0 Å². The van der Waals surface area contributed by atoms with Crippen LogP contribution in [-0.4, -0.2) is 39.0 Å². The monoisotopic (exact) mass is 333 g/mol. The highest BCUT2D eigenvalue weighted by atomic mass is 32.2. The molecule has 1 saturated heterocycles. The lowest BCUT2D eigenvalue weighted by atomic mass is 10.0. The fourth-order valence-corrected chi connectivity index (χ4v) is 6.02. The molecule has 1 aromatic rings. The average Bonchev–Trinajstić information content (AvgIpc) is 2.62. The maximum Gasteiger partial charge on any atom is 0.241 e. The highest BCUT2D eigenvalue weighted by Gasteiger charge is 2.41. The number of hydrogen-bond donors (Lipinski definition) is 2. The van der Waals surface area contributed by atoms with Crippen LogP contribution in [0.2, 0.25) is 0 Å². The summed E-state index contributed by atoms with van der Waals surface area (Å²) < 4.78 is 50.2. The van der Waals surface area contributed by atoms with Crippen molar-refractivity contribution in [3.8, 4) is 0 Å². The van der Waals surface area contributed by atoms with E-state index in [1.807, 2.05) is 0 Å². The van der Waals surface area contributed by atoms with Gasteiger partial charge in [-0.2, -0.15) is 0 Å². The van der Waals surface area contributed by atoms with Gasteiger partial charge in [0.15, 0.2) is 9.84 Å². The van der Waals surface area contributed by atoms with E-state index in [1.54, 1.807) is 13.8 Å². The van der Waals surface area contributed by atoms with Crippen molar-refractivity contribution in [3.05, 3.63) is 29.8 Å². The number of sulfonamides is 1. The summed E-state index contributed by atoms with van der Waals surface area (Å²) in [7, 11) is -6.98. The largest absolute Gasteiger partial charge is 0.389 e. The quantitative estimate of drug-likeness (QED) is 0.840. The van der Waals surface area contributed by atoms with Crippen LogP contribution in [0.25, 0.3) is 0 Å². The Morgan fingerprint density at radius 1 is 1.29 bits per heavy atom. The molecule has 0 bridgehead atoms. The van der Waals surface area contributed by atoms with E-state index in [0.29, 0.717) is 5.56 Å². The molecule has 2 atom stereocenters. The summed E-state index contributed by atoms with van der Waals surface area (Å²) in [6, 6.07) is 5.87.